The van der Waals surface area contributed by atoms with Crippen LogP contribution in [0.3, 0.4) is 0 Å². The highest BCUT2D eigenvalue weighted by atomic mass is 35.5. The van der Waals surface area contributed by atoms with Crippen LogP contribution in [0.15, 0.2) is 48.2 Å². The highest BCUT2D eigenvalue weighted by molar-refractivity contribution is 6.42. The molecule has 5 nitrogen and oxygen atoms in total. The molecule has 0 fully saturated rings. The lowest BCUT2D eigenvalue weighted by molar-refractivity contribution is -0.112. The van der Waals surface area contributed by atoms with E-state index in [0.717, 1.165) is 0 Å². The van der Waals surface area contributed by atoms with Crippen LogP contribution in [0.5, 0.6) is 5.75 Å². The molecule has 3 rings (SSSR count). The second-order valence-corrected chi connectivity index (χ2v) is 5.86. The quantitative estimate of drug-likeness (QED) is 0.636. The predicted octanol–water partition coefficient (Wildman–Crippen LogP) is 4.13. The molecule has 0 aromatic heterocycles. The number of hydrogen-bond donors (Lipinski definition) is 2. The van der Waals surface area contributed by atoms with Crippen molar-refractivity contribution in [1.29, 1.82) is 0 Å². The first kappa shape index (κ1) is 16.4. The fourth-order valence-corrected chi connectivity index (χ4v) is 2.54. The van der Waals surface area contributed by atoms with E-state index in [2.05, 4.69) is 10.6 Å². The van der Waals surface area contributed by atoms with Gasteiger partial charge in [0.15, 0.2) is 5.78 Å². The summed E-state index contributed by atoms with van der Waals surface area (Å²) in [5.74, 6) is -0.0882. The number of halogens is 2. The van der Waals surface area contributed by atoms with Crippen LogP contribution in [0.4, 0.5) is 11.4 Å². The number of benzene rings is 2. The first-order chi connectivity index (χ1) is 11.5. The summed E-state index contributed by atoms with van der Waals surface area (Å²) in [4.78, 5) is 24.4. The van der Waals surface area contributed by atoms with Gasteiger partial charge in [0, 0.05) is 11.6 Å². The fourth-order valence-electron chi connectivity index (χ4n) is 2.22. The first-order valence-electron chi connectivity index (χ1n) is 6.95. The highest BCUT2D eigenvalue weighted by Gasteiger charge is 2.22. The summed E-state index contributed by atoms with van der Waals surface area (Å²) >= 11 is 11.9. The summed E-state index contributed by atoms with van der Waals surface area (Å²) in [7, 11) is 1.55. The zero-order valence-electron chi connectivity index (χ0n) is 12.5. The van der Waals surface area contributed by atoms with Crippen LogP contribution < -0.4 is 15.4 Å². The number of carbonyl (C=O) groups excluding carboxylic acids is 2. The molecule has 0 aliphatic carbocycles. The van der Waals surface area contributed by atoms with E-state index >= 15 is 0 Å². The van der Waals surface area contributed by atoms with Crippen molar-refractivity contribution in [2.24, 2.45) is 0 Å². The number of anilines is 2. The van der Waals surface area contributed by atoms with Gasteiger partial charge < -0.3 is 15.4 Å². The number of amides is 1. The molecule has 0 bridgehead atoms. The first-order valence-corrected chi connectivity index (χ1v) is 7.71. The molecule has 0 atom stereocenters. The molecule has 0 unspecified atom stereocenters. The summed E-state index contributed by atoms with van der Waals surface area (Å²) in [6.07, 6.45) is 1.24. The van der Waals surface area contributed by atoms with Crippen LogP contribution in [0.2, 0.25) is 10.0 Å². The molecule has 7 heteroatoms. The van der Waals surface area contributed by atoms with Gasteiger partial charge in [-0.05, 0) is 36.4 Å². The number of ether oxygens (including phenoxy) is 1. The van der Waals surface area contributed by atoms with Gasteiger partial charge in [-0.1, -0.05) is 23.2 Å². The Bertz CT molecular complexity index is 861. The zero-order valence-corrected chi connectivity index (χ0v) is 14.0. The van der Waals surface area contributed by atoms with E-state index in [0.29, 0.717) is 32.7 Å². The highest BCUT2D eigenvalue weighted by Crippen LogP contribution is 2.35. The van der Waals surface area contributed by atoms with Gasteiger partial charge in [-0.15, -0.1) is 0 Å². The van der Waals surface area contributed by atoms with E-state index in [1.54, 1.807) is 43.5 Å². The maximum absolute atomic E-state index is 12.3. The van der Waals surface area contributed by atoms with Gasteiger partial charge in [0.25, 0.3) is 5.91 Å². The Kier molecular flexibility index (Phi) is 4.46. The number of nitrogens with one attached hydrogen (secondary N) is 2. The average Bonchev–Trinajstić information content (AvgIpc) is 2.57. The van der Waals surface area contributed by atoms with E-state index in [4.69, 9.17) is 27.9 Å². The molecule has 24 heavy (non-hydrogen) atoms. The normalized spacial score (nSPS) is 14.6. The lowest BCUT2D eigenvalue weighted by atomic mass is 10.1. The van der Waals surface area contributed by atoms with Crippen LogP contribution in [0.1, 0.15) is 10.4 Å². The molecule has 2 N–H and O–H groups in total. The van der Waals surface area contributed by atoms with Crippen molar-refractivity contribution in [3.8, 4) is 5.75 Å². The van der Waals surface area contributed by atoms with Gasteiger partial charge in [-0.2, -0.15) is 0 Å². The third-order valence-corrected chi connectivity index (χ3v) is 4.19. The lowest BCUT2D eigenvalue weighted by Gasteiger charge is -2.21. The van der Waals surface area contributed by atoms with Gasteiger partial charge in [0.05, 0.1) is 28.5 Å². The Hall–Kier alpha value is -2.50. The molecule has 1 amide bonds. The Labute approximate surface area is 148 Å². The van der Waals surface area contributed by atoms with E-state index in [9.17, 15) is 9.59 Å². The van der Waals surface area contributed by atoms with Crippen molar-refractivity contribution in [1.82, 2.24) is 0 Å². The minimum absolute atomic E-state index is 0.127. The lowest BCUT2D eigenvalue weighted by Crippen LogP contribution is -2.26. The molecule has 1 heterocycles. The van der Waals surface area contributed by atoms with Gasteiger partial charge in [-0.3, -0.25) is 9.59 Å². The molecule has 122 valence electrons. The van der Waals surface area contributed by atoms with Crippen LogP contribution >= 0.6 is 23.2 Å². The van der Waals surface area contributed by atoms with Crippen LogP contribution in [-0.2, 0) is 4.79 Å². The summed E-state index contributed by atoms with van der Waals surface area (Å²) < 4.78 is 5.05. The minimum atomic E-state index is -0.428. The number of ketones is 1. The summed E-state index contributed by atoms with van der Waals surface area (Å²) in [6.45, 7) is 0. The molecule has 2 aromatic carbocycles. The Morgan fingerprint density at radius 1 is 1.04 bits per heavy atom. The smallest absolute Gasteiger partial charge is 0.272 e. The third-order valence-electron chi connectivity index (χ3n) is 3.47. The largest absolute Gasteiger partial charge is 0.497 e. The van der Waals surface area contributed by atoms with Crippen molar-refractivity contribution in [3.63, 3.8) is 0 Å². The second-order valence-electron chi connectivity index (χ2n) is 5.04. The number of hydrogen-bond acceptors (Lipinski definition) is 4. The molecule has 0 saturated carbocycles. The van der Waals surface area contributed by atoms with Crippen molar-refractivity contribution in [3.05, 3.63) is 63.8 Å². The monoisotopic (exact) mass is 362 g/mol. The SMILES string of the molecule is COc1ccc(C(=O)C=C2Nc3cc(Cl)c(Cl)cc3NC2=O)cc1. The van der Waals surface area contributed by atoms with Crippen molar-refractivity contribution in [2.45, 2.75) is 0 Å². The Balaban J connectivity index is 1.88. The van der Waals surface area contributed by atoms with E-state index in [1.807, 2.05) is 0 Å². The van der Waals surface area contributed by atoms with Gasteiger partial charge in [-0.25, -0.2) is 0 Å². The van der Waals surface area contributed by atoms with E-state index < -0.39 is 5.91 Å². The van der Waals surface area contributed by atoms with Crippen molar-refractivity contribution in [2.75, 3.05) is 17.7 Å². The molecule has 0 saturated heterocycles. The fraction of sp³-hybridized carbons (Fsp3) is 0.0588. The van der Waals surface area contributed by atoms with E-state index in [1.165, 1.54) is 6.08 Å². The second kappa shape index (κ2) is 6.55. The van der Waals surface area contributed by atoms with E-state index in [-0.39, 0.29) is 11.5 Å². The zero-order chi connectivity index (χ0) is 17.3. The summed E-state index contributed by atoms with van der Waals surface area (Å²) in [5.41, 5.74) is 1.64. The van der Waals surface area contributed by atoms with Gasteiger partial charge >= 0.3 is 0 Å². The van der Waals surface area contributed by atoms with Gasteiger partial charge in [0.2, 0.25) is 0 Å². The molecule has 0 spiro atoms. The summed E-state index contributed by atoms with van der Waals surface area (Å²) in [6, 6.07) is 9.75. The molecular formula is C17H12Cl2N2O3. The molecule has 2 aromatic rings. The molecule has 1 aliphatic rings. The molecule has 0 radical (unpaired) electrons. The van der Waals surface area contributed by atoms with Crippen molar-refractivity contribution >= 4 is 46.3 Å². The van der Waals surface area contributed by atoms with Crippen LogP contribution in [0.25, 0.3) is 0 Å². The third kappa shape index (κ3) is 3.22. The van der Waals surface area contributed by atoms with Gasteiger partial charge in [0.1, 0.15) is 11.4 Å². The maximum atomic E-state index is 12.3. The molecular weight excluding hydrogens is 351 g/mol. The predicted molar refractivity (Wildman–Crippen MR) is 94.1 cm³/mol. The topological polar surface area (TPSA) is 67.4 Å². The molecule has 1 aliphatic heterocycles. The number of fused-ring (bicyclic) bond motifs is 1. The average molecular weight is 363 g/mol. The maximum Gasteiger partial charge on any atom is 0.272 e. The number of methoxy groups -OCH3 is 1. The Morgan fingerprint density at radius 2 is 1.62 bits per heavy atom. The minimum Gasteiger partial charge on any atom is -0.497 e. The number of carbonyl (C=O) groups is 2. The Morgan fingerprint density at radius 3 is 2.21 bits per heavy atom. The number of rotatable bonds is 3. The van der Waals surface area contributed by atoms with Crippen molar-refractivity contribution < 1.29 is 14.3 Å². The standard InChI is InChI=1S/C17H12Cl2N2O3/c1-24-10-4-2-9(3-5-10)16(22)8-15-17(23)21-14-7-12(19)11(18)6-13(14)20-15/h2-8,20H,1H3,(H,21,23). The number of allylic oxidation sites excluding steroid dienone is 1. The van der Waals surface area contributed by atoms with Crippen LogP contribution in [-0.4, -0.2) is 18.8 Å². The summed E-state index contributed by atoms with van der Waals surface area (Å²) in [5, 5.41) is 6.25. The van der Waals surface area contributed by atoms with Crippen LogP contribution in [0, 0.1) is 0 Å².